The number of aryl methyl sites for hydroxylation is 1. The zero-order valence-corrected chi connectivity index (χ0v) is 15.2. The third-order valence-electron chi connectivity index (χ3n) is 4.32. The van der Waals surface area contributed by atoms with Crippen molar-refractivity contribution in [3.8, 4) is 0 Å². The molecule has 5 nitrogen and oxygen atoms in total. The summed E-state index contributed by atoms with van der Waals surface area (Å²) in [5.74, 6) is -0.389. The van der Waals surface area contributed by atoms with Gasteiger partial charge in [0.05, 0.1) is 11.5 Å². The van der Waals surface area contributed by atoms with Crippen LogP contribution in [-0.2, 0) is 26.0 Å². The van der Waals surface area contributed by atoms with E-state index < -0.39 is 10.0 Å². The van der Waals surface area contributed by atoms with E-state index >= 15 is 0 Å². The molecule has 0 aliphatic heterocycles. The first-order valence-electron chi connectivity index (χ1n) is 8.33. The van der Waals surface area contributed by atoms with E-state index in [1.807, 2.05) is 6.92 Å². The second-order valence-electron chi connectivity index (χ2n) is 6.07. The van der Waals surface area contributed by atoms with E-state index in [-0.39, 0.29) is 10.9 Å². The Morgan fingerprint density at radius 2 is 1.92 bits per heavy atom. The van der Waals surface area contributed by atoms with Gasteiger partial charge in [-0.1, -0.05) is 17.7 Å². The van der Waals surface area contributed by atoms with Crippen molar-refractivity contribution >= 4 is 21.6 Å². The molecular weight excluding hydrogens is 338 g/mol. The van der Waals surface area contributed by atoms with Crippen LogP contribution in [0.1, 0.15) is 36.6 Å². The molecule has 0 saturated carbocycles. The number of benzene rings is 1. The molecule has 0 bridgehead atoms. The molecule has 0 amide bonds. The fourth-order valence-corrected chi connectivity index (χ4v) is 4.50. The lowest BCUT2D eigenvalue weighted by molar-refractivity contribution is -0.137. The first kappa shape index (κ1) is 17.5. The Morgan fingerprint density at radius 3 is 2.60 bits per heavy atom. The summed E-state index contributed by atoms with van der Waals surface area (Å²) in [5.41, 5.74) is 3.38. The highest BCUT2D eigenvalue weighted by Gasteiger charge is 2.25. The lowest BCUT2D eigenvalue weighted by Gasteiger charge is -2.18. The minimum Gasteiger partial charge on any atom is -0.463 e. The first-order chi connectivity index (χ1) is 11.9. The number of fused-ring (bicyclic) bond motifs is 1. The number of aromatic nitrogens is 1. The fraction of sp³-hybridized carbons (Fsp3) is 0.316. The van der Waals surface area contributed by atoms with Crippen LogP contribution in [0.4, 0.5) is 0 Å². The molecule has 0 saturated heterocycles. The van der Waals surface area contributed by atoms with Crippen LogP contribution < -0.4 is 0 Å². The van der Waals surface area contributed by atoms with Gasteiger partial charge in [0.1, 0.15) is 0 Å². The highest BCUT2D eigenvalue weighted by atomic mass is 32.2. The molecule has 25 heavy (non-hydrogen) atoms. The maximum Gasteiger partial charge on any atom is 0.331 e. The molecular formula is C19H21NO4S. The predicted octanol–water partition coefficient (Wildman–Crippen LogP) is 3.32. The van der Waals surface area contributed by atoms with E-state index in [1.54, 1.807) is 43.5 Å². The summed E-state index contributed by atoms with van der Waals surface area (Å²) in [4.78, 5) is 12.0. The number of allylic oxidation sites excluding steroid dienone is 1. The van der Waals surface area contributed by atoms with Crippen LogP contribution in [0.25, 0.3) is 5.57 Å². The van der Waals surface area contributed by atoms with Gasteiger partial charge in [-0.15, -0.1) is 0 Å². The van der Waals surface area contributed by atoms with Crippen LogP contribution in [0.3, 0.4) is 0 Å². The number of rotatable bonds is 4. The summed E-state index contributed by atoms with van der Waals surface area (Å²) >= 11 is 0. The lowest BCUT2D eigenvalue weighted by atomic mass is 9.92. The van der Waals surface area contributed by atoms with Crippen LogP contribution in [0.5, 0.6) is 0 Å². The van der Waals surface area contributed by atoms with Crippen LogP contribution in [0, 0.1) is 6.92 Å². The van der Waals surface area contributed by atoms with Crippen LogP contribution in [0.2, 0.25) is 0 Å². The van der Waals surface area contributed by atoms with Gasteiger partial charge in [0.25, 0.3) is 10.0 Å². The normalized spacial score (nSPS) is 15.8. The molecule has 3 rings (SSSR count). The summed E-state index contributed by atoms with van der Waals surface area (Å²) in [7, 11) is -3.64. The Bertz CT molecular complexity index is 921. The van der Waals surface area contributed by atoms with Crippen molar-refractivity contribution in [2.24, 2.45) is 0 Å². The summed E-state index contributed by atoms with van der Waals surface area (Å²) < 4.78 is 32.2. The molecule has 1 aromatic carbocycles. The van der Waals surface area contributed by atoms with Gasteiger partial charge in [-0.25, -0.2) is 17.2 Å². The third-order valence-corrected chi connectivity index (χ3v) is 6.04. The Kier molecular flexibility index (Phi) is 4.81. The van der Waals surface area contributed by atoms with Gasteiger partial charge in [0.15, 0.2) is 0 Å². The molecule has 1 heterocycles. The maximum atomic E-state index is 13.0. The van der Waals surface area contributed by atoms with Crippen molar-refractivity contribution in [1.82, 2.24) is 3.97 Å². The van der Waals surface area contributed by atoms with Crippen LogP contribution in [-0.4, -0.2) is 25.0 Å². The number of ether oxygens (including phenoxy) is 1. The molecule has 132 valence electrons. The van der Waals surface area contributed by atoms with Gasteiger partial charge in [0.2, 0.25) is 0 Å². The number of hydrogen-bond acceptors (Lipinski definition) is 4. The number of hydrogen-bond donors (Lipinski definition) is 0. The molecule has 0 atom stereocenters. The molecule has 0 fully saturated rings. The Balaban J connectivity index is 2.02. The molecule has 1 aliphatic carbocycles. The van der Waals surface area contributed by atoms with Crippen molar-refractivity contribution in [3.05, 3.63) is 59.4 Å². The minimum absolute atomic E-state index is 0.262. The molecule has 6 heteroatoms. The number of esters is 1. The lowest BCUT2D eigenvalue weighted by Crippen LogP contribution is -2.17. The van der Waals surface area contributed by atoms with Gasteiger partial charge in [-0.3, -0.25) is 0 Å². The van der Waals surface area contributed by atoms with E-state index in [1.165, 1.54) is 10.0 Å². The summed E-state index contributed by atoms with van der Waals surface area (Å²) in [5, 5.41) is 0. The quantitative estimate of drug-likeness (QED) is 0.620. The Hall–Kier alpha value is -2.34. The highest BCUT2D eigenvalue weighted by Crippen LogP contribution is 2.33. The van der Waals surface area contributed by atoms with E-state index in [2.05, 4.69) is 0 Å². The van der Waals surface area contributed by atoms with Crippen molar-refractivity contribution in [2.45, 2.75) is 38.0 Å². The van der Waals surface area contributed by atoms with Crippen molar-refractivity contribution < 1.29 is 17.9 Å². The fourth-order valence-electron chi connectivity index (χ4n) is 3.09. The topological polar surface area (TPSA) is 65.4 Å². The second-order valence-corrected chi connectivity index (χ2v) is 7.88. The van der Waals surface area contributed by atoms with E-state index in [0.29, 0.717) is 13.0 Å². The molecule has 0 radical (unpaired) electrons. The predicted molar refractivity (Wildman–Crippen MR) is 95.7 cm³/mol. The molecule has 1 aromatic heterocycles. The SMILES string of the molecule is CCOC(=O)/C=C1\CCCc2c1ccn2S(=O)(=O)c1ccc(C)cc1. The smallest absolute Gasteiger partial charge is 0.331 e. The van der Waals surface area contributed by atoms with Crippen molar-refractivity contribution in [3.63, 3.8) is 0 Å². The Labute approximate surface area is 148 Å². The number of carbonyl (C=O) groups excluding carboxylic acids is 1. The average molecular weight is 359 g/mol. The molecule has 0 N–H and O–H groups in total. The van der Waals surface area contributed by atoms with Crippen LogP contribution in [0.15, 0.2) is 47.5 Å². The van der Waals surface area contributed by atoms with E-state index in [9.17, 15) is 13.2 Å². The summed E-state index contributed by atoms with van der Waals surface area (Å²) in [6, 6.07) is 8.58. The van der Waals surface area contributed by atoms with E-state index in [4.69, 9.17) is 4.74 Å². The minimum atomic E-state index is -3.64. The van der Waals surface area contributed by atoms with Gasteiger partial charge in [0, 0.05) is 18.0 Å². The summed E-state index contributed by atoms with van der Waals surface area (Å²) in [6.07, 6.45) is 5.24. The standard InChI is InChI=1S/C19H21NO4S/c1-3-24-19(21)13-15-5-4-6-18-17(15)11-12-20(18)25(22,23)16-9-7-14(2)8-10-16/h7-13H,3-6H2,1-2H3/b15-13+. The van der Waals surface area contributed by atoms with Gasteiger partial charge >= 0.3 is 5.97 Å². The maximum absolute atomic E-state index is 13.0. The monoisotopic (exact) mass is 359 g/mol. The molecule has 0 spiro atoms. The molecule has 2 aromatic rings. The zero-order chi connectivity index (χ0) is 18.0. The number of nitrogens with zero attached hydrogens (tertiary/aromatic N) is 1. The van der Waals surface area contributed by atoms with Crippen molar-refractivity contribution in [1.29, 1.82) is 0 Å². The first-order valence-corrected chi connectivity index (χ1v) is 9.77. The van der Waals surface area contributed by atoms with Crippen molar-refractivity contribution in [2.75, 3.05) is 6.61 Å². The van der Waals surface area contributed by atoms with Gasteiger partial charge < -0.3 is 4.74 Å². The van der Waals surface area contributed by atoms with Gasteiger partial charge in [-0.2, -0.15) is 0 Å². The molecule has 0 unspecified atom stereocenters. The van der Waals surface area contributed by atoms with E-state index in [0.717, 1.165) is 35.2 Å². The molecule has 1 aliphatic rings. The highest BCUT2D eigenvalue weighted by molar-refractivity contribution is 7.90. The number of carbonyl (C=O) groups is 1. The summed E-state index contributed by atoms with van der Waals surface area (Å²) in [6.45, 7) is 3.99. The van der Waals surface area contributed by atoms with Crippen LogP contribution >= 0.6 is 0 Å². The Morgan fingerprint density at radius 1 is 1.20 bits per heavy atom. The van der Waals surface area contributed by atoms with Gasteiger partial charge in [-0.05, 0) is 62.4 Å². The largest absolute Gasteiger partial charge is 0.463 e. The third kappa shape index (κ3) is 3.39. The average Bonchev–Trinajstić information content (AvgIpc) is 3.01. The zero-order valence-electron chi connectivity index (χ0n) is 14.4. The second kappa shape index (κ2) is 6.88.